The molecule has 12 heavy (non-hydrogen) atoms. The predicted octanol–water partition coefficient (Wildman–Crippen LogP) is -0.352. The maximum atomic E-state index is 9.06. The van der Waals surface area contributed by atoms with Gasteiger partial charge >= 0.3 is 0 Å². The van der Waals surface area contributed by atoms with Gasteiger partial charge in [-0.2, -0.15) is 0 Å². The number of fused-ring (bicyclic) bond motifs is 1. The van der Waals surface area contributed by atoms with Crippen LogP contribution in [0.25, 0.3) is 0 Å². The molecule has 0 amide bonds. The molecule has 3 heteroatoms. The van der Waals surface area contributed by atoms with Crippen LogP contribution in [0.2, 0.25) is 0 Å². The van der Waals surface area contributed by atoms with Gasteiger partial charge in [0.15, 0.2) is 0 Å². The van der Waals surface area contributed by atoms with Crippen molar-refractivity contribution in [1.82, 2.24) is 4.90 Å². The molecule has 1 saturated heterocycles. The van der Waals surface area contributed by atoms with Gasteiger partial charge in [0.05, 0.1) is 6.61 Å². The van der Waals surface area contributed by atoms with Gasteiger partial charge in [-0.25, -0.2) is 0 Å². The second-order valence-corrected chi connectivity index (χ2v) is 4.11. The molecule has 2 fully saturated rings. The minimum Gasteiger partial charge on any atom is -0.395 e. The van der Waals surface area contributed by atoms with E-state index in [1.54, 1.807) is 0 Å². The Hall–Kier alpha value is -0.120. The average molecular weight is 170 g/mol. The zero-order chi connectivity index (χ0) is 8.55. The highest BCUT2D eigenvalue weighted by Crippen LogP contribution is 2.45. The molecule has 0 aromatic carbocycles. The summed E-state index contributed by atoms with van der Waals surface area (Å²) in [6, 6.07) is 0.214. The maximum Gasteiger partial charge on any atom is 0.0599 e. The normalized spacial score (nSPS) is 37.5. The molecular formula is C9H18N2O. The van der Waals surface area contributed by atoms with Crippen LogP contribution >= 0.6 is 0 Å². The summed E-state index contributed by atoms with van der Waals surface area (Å²) in [5.41, 5.74) is 5.57. The smallest absolute Gasteiger partial charge is 0.0599 e. The SMILES string of the molecule is NCC(CO)N1CCC2CC2C1. The van der Waals surface area contributed by atoms with Crippen LogP contribution in [0.15, 0.2) is 0 Å². The molecule has 1 saturated carbocycles. The first-order chi connectivity index (χ1) is 5.85. The predicted molar refractivity (Wildman–Crippen MR) is 47.7 cm³/mol. The zero-order valence-corrected chi connectivity index (χ0v) is 7.45. The van der Waals surface area contributed by atoms with Crippen molar-refractivity contribution in [1.29, 1.82) is 0 Å². The van der Waals surface area contributed by atoms with E-state index < -0.39 is 0 Å². The highest BCUT2D eigenvalue weighted by molar-refractivity contribution is 4.94. The summed E-state index contributed by atoms with van der Waals surface area (Å²) in [5.74, 6) is 1.94. The van der Waals surface area contributed by atoms with Gasteiger partial charge in [0.2, 0.25) is 0 Å². The Morgan fingerprint density at radius 3 is 2.92 bits per heavy atom. The molecule has 70 valence electrons. The van der Waals surface area contributed by atoms with E-state index >= 15 is 0 Å². The summed E-state index contributed by atoms with van der Waals surface area (Å²) >= 11 is 0. The van der Waals surface area contributed by atoms with E-state index in [1.165, 1.54) is 19.4 Å². The van der Waals surface area contributed by atoms with Crippen LogP contribution in [0.5, 0.6) is 0 Å². The molecule has 3 nitrogen and oxygen atoms in total. The lowest BCUT2D eigenvalue weighted by Gasteiger charge is -2.32. The van der Waals surface area contributed by atoms with Crippen LogP contribution in [0.4, 0.5) is 0 Å². The zero-order valence-electron chi connectivity index (χ0n) is 7.45. The molecule has 2 rings (SSSR count). The Labute approximate surface area is 73.5 Å². The van der Waals surface area contributed by atoms with E-state index in [0.29, 0.717) is 6.54 Å². The van der Waals surface area contributed by atoms with Crippen molar-refractivity contribution in [3.05, 3.63) is 0 Å². The molecule has 3 unspecified atom stereocenters. The van der Waals surface area contributed by atoms with Gasteiger partial charge in [-0.3, -0.25) is 4.90 Å². The third-order valence-corrected chi connectivity index (χ3v) is 3.32. The summed E-state index contributed by atoms with van der Waals surface area (Å²) in [6.45, 7) is 3.12. The van der Waals surface area contributed by atoms with Crippen LogP contribution in [-0.4, -0.2) is 42.3 Å². The standard InChI is InChI=1S/C9H18N2O/c10-4-9(6-12)11-2-1-7-3-8(7)5-11/h7-9,12H,1-6,10H2. The molecule has 0 aromatic heterocycles. The average Bonchev–Trinajstić information content (AvgIpc) is 2.84. The summed E-state index contributed by atoms with van der Waals surface area (Å²) in [6.07, 6.45) is 2.74. The molecule has 0 bridgehead atoms. The summed E-state index contributed by atoms with van der Waals surface area (Å²) in [4.78, 5) is 2.36. The van der Waals surface area contributed by atoms with Crippen molar-refractivity contribution in [3.8, 4) is 0 Å². The van der Waals surface area contributed by atoms with Gasteiger partial charge in [0, 0.05) is 19.1 Å². The van der Waals surface area contributed by atoms with E-state index in [1.807, 2.05) is 0 Å². The molecule has 1 aliphatic carbocycles. The molecular weight excluding hydrogens is 152 g/mol. The summed E-state index contributed by atoms with van der Waals surface area (Å²) in [7, 11) is 0. The van der Waals surface area contributed by atoms with Crippen molar-refractivity contribution in [2.24, 2.45) is 17.6 Å². The van der Waals surface area contributed by atoms with Crippen molar-refractivity contribution in [2.45, 2.75) is 18.9 Å². The molecule has 0 aromatic rings. The molecule has 1 aliphatic heterocycles. The molecule has 0 spiro atoms. The van der Waals surface area contributed by atoms with Crippen molar-refractivity contribution in [3.63, 3.8) is 0 Å². The number of nitrogens with zero attached hydrogens (tertiary/aromatic N) is 1. The quantitative estimate of drug-likeness (QED) is 0.608. The fourth-order valence-electron chi connectivity index (χ4n) is 2.28. The highest BCUT2D eigenvalue weighted by atomic mass is 16.3. The second-order valence-electron chi connectivity index (χ2n) is 4.11. The minimum absolute atomic E-state index is 0.214. The van der Waals surface area contributed by atoms with Crippen molar-refractivity contribution < 1.29 is 5.11 Å². The largest absolute Gasteiger partial charge is 0.395 e. The topological polar surface area (TPSA) is 49.5 Å². The number of piperidine rings is 1. The van der Waals surface area contributed by atoms with Crippen LogP contribution < -0.4 is 5.73 Å². The fourth-order valence-corrected chi connectivity index (χ4v) is 2.28. The number of aliphatic hydroxyl groups is 1. The van der Waals surface area contributed by atoms with Crippen molar-refractivity contribution in [2.75, 3.05) is 26.2 Å². The third-order valence-electron chi connectivity index (χ3n) is 3.32. The van der Waals surface area contributed by atoms with Crippen LogP contribution in [0, 0.1) is 11.8 Å². The lowest BCUT2D eigenvalue weighted by Crippen LogP contribution is -2.46. The monoisotopic (exact) mass is 170 g/mol. The fraction of sp³-hybridized carbons (Fsp3) is 1.00. The minimum atomic E-state index is 0.214. The number of likely N-dealkylation sites (tertiary alicyclic amines) is 1. The number of nitrogens with two attached hydrogens (primary N) is 1. The maximum absolute atomic E-state index is 9.06. The van der Waals surface area contributed by atoms with Crippen LogP contribution in [0.1, 0.15) is 12.8 Å². The van der Waals surface area contributed by atoms with Crippen LogP contribution in [0.3, 0.4) is 0 Å². The van der Waals surface area contributed by atoms with Gasteiger partial charge in [-0.15, -0.1) is 0 Å². The number of hydrogen-bond donors (Lipinski definition) is 2. The van der Waals surface area contributed by atoms with E-state index in [0.717, 1.165) is 18.4 Å². The Balaban J connectivity index is 1.85. The summed E-state index contributed by atoms with van der Waals surface area (Å²) in [5, 5.41) is 9.06. The van der Waals surface area contributed by atoms with E-state index in [-0.39, 0.29) is 12.6 Å². The molecule has 2 aliphatic rings. The Morgan fingerprint density at radius 2 is 2.33 bits per heavy atom. The van der Waals surface area contributed by atoms with Gasteiger partial charge in [-0.1, -0.05) is 0 Å². The van der Waals surface area contributed by atoms with Gasteiger partial charge in [0.25, 0.3) is 0 Å². The Morgan fingerprint density at radius 1 is 1.50 bits per heavy atom. The Bertz CT molecular complexity index is 159. The highest BCUT2D eigenvalue weighted by Gasteiger charge is 2.42. The number of rotatable bonds is 3. The molecule has 3 N–H and O–H groups in total. The third kappa shape index (κ3) is 1.49. The second kappa shape index (κ2) is 3.32. The van der Waals surface area contributed by atoms with Crippen molar-refractivity contribution >= 4 is 0 Å². The molecule has 0 radical (unpaired) electrons. The first kappa shape index (κ1) is 8.48. The first-order valence-corrected chi connectivity index (χ1v) is 4.90. The number of hydrogen-bond acceptors (Lipinski definition) is 3. The van der Waals surface area contributed by atoms with E-state index in [4.69, 9.17) is 10.8 Å². The Kier molecular flexibility index (Phi) is 2.35. The lowest BCUT2D eigenvalue weighted by atomic mass is 10.1. The van der Waals surface area contributed by atoms with Gasteiger partial charge in [-0.05, 0) is 31.2 Å². The van der Waals surface area contributed by atoms with Gasteiger partial charge in [0.1, 0.15) is 0 Å². The van der Waals surface area contributed by atoms with E-state index in [9.17, 15) is 0 Å². The number of aliphatic hydroxyl groups excluding tert-OH is 1. The van der Waals surface area contributed by atoms with E-state index in [2.05, 4.69) is 4.90 Å². The summed E-state index contributed by atoms with van der Waals surface area (Å²) < 4.78 is 0. The first-order valence-electron chi connectivity index (χ1n) is 4.90. The lowest BCUT2D eigenvalue weighted by molar-refractivity contribution is 0.105. The van der Waals surface area contributed by atoms with Crippen LogP contribution in [-0.2, 0) is 0 Å². The van der Waals surface area contributed by atoms with Gasteiger partial charge < -0.3 is 10.8 Å². The molecule has 1 heterocycles. The molecule has 3 atom stereocenters.